The van der Waals surface area contributed by atoms with E-state index in [1.165, 1.54) is 4.88 Å². The van der Waals surface area contributed by atoms with Crippen molar-refractivity contribution in [3.05, 3.63) is 50.9 Å². The highest BCUT2D eigenvalue weighted by atomic mass is 79.9. The molecule has 0 bridgehead atoms. The number of nitrogens with zero attached hydrogens (tertiary/aromatic N) is 2. The molecular formula is C13H12BrN3S2. The fraction of sp³-hybridized carbons (Fsp3) is 0.231. The first-order valence-corrected chi connectivity index (χ1v) is 7.88. The Morgan fingerprint density at radius 1 is 1.37 bits per heavy atom. The first-order chi connectivity index (χ1) is 9.16. The lowest BCUT2D eigenvalue weighted by Gasteiger charge is -2.22. The molecule has 0 radical (unpaired) electrons. The molecule has 0 amide bonds. The van der Waals surface area contributed by atoms with Gasteiger partial charge in [0.15, 0.2) is 5.11 Å². The third-order valence-corrected chi connectivity index (χ3v) is 5.32. The number of thiocarbonyl (C=S) groups is 1. The van der Waals surface area contributed by atoms with Gasteiger partial charge in [-0.1, -0.05) is 6.07 Å². The summed E-state index contributed by atoms with van der Waals surface area (Å²) in [6.45, 7) is 0. The number of likely N-dealkylation sites (N-methyl/N-ethyl adjacent to an activating group) is 1. The third-order valence-electron chi connectivity index (χ3n) is 3.22. The molecule has 1 aliphatic rings. The van der Waals surface area contributed by atoms with E-state index >= 15 is 0 Å². The highest BCUT2D eigenvalue weighted by molar-refractivity contribution is 9.11. The number of hydrogen-bond donors (Lipinski definition) is 1. The molecule has 0 aliphatic carbocycles. The highest BCUT2D eigenvalue weighted by Gasteiger charge is 2.38. The van der Waals surface area contributed by atoms with Gasteiger partial charge in [-0.3, -0.25) is 4.98 Å². The van der Waals surface area contributed by atoms with Crippen LogP contribution in [0.3, 0.4) is 0 Å². The quantitative estimate of drug-likeness (QED) is 0.836. The molecular weight excluding hydrogens is 342 g/mol. The normalized spacial score (nSPS) is 22.6. The average molecular weight is 354 g/mol. The van der Waals surface area contributed by atoms with Crippen molar-refractivity contribution in [2.24, 2.45) is 0 Å². The van der Waals surface area contributed by atoms with Crippen LogP contribution in [0, 0.1) is 0 Å². The Kier molecular flexibility index (Phi) is 3.56. The van der Waals surface area contributed by atoms with Gasteiger partial charge in [0, 0.05) is 18.1 Å². The molecule has 1 aliphatic heterocycles. The molecule has 0 spiro atoms. The monoisotopic (exact) mass is 353 g/mol. The summed E-state index contributed by atoms with van der Waals surface area (Å²) >= 11 is 10.6. The van der Waals surface area contributed by atoms with E-state index in [0.29, 0.717) is 0 Å². The fourth-order valence-corrected chi connectivity index (χ4v) is 4.15. The second kappa shape index (κ2) is 5.19. The van der Waals surface area contributed by atoms with Gasteiger partial charge in [-0.25, -0.2) is 0 Å². The van der Waals surface area contributed by atoms with E-state index in [1.54, 1.807) is 11.3 Å². The smallest absolute Gasteiger partial charge is 0.169 e. The Hall–Kier alpha value is -0.980. The minimum atomic E-state index is 0.101. The summed E-state index contributed by atoms with van der Waals surface area (Å²) in [5.41, 5.74) is 1.02. The van der Waals surface area contributed by atoms with Gasteiger partial charge in [0.1, 0.15) is 0 Å². The van der Waals surface area contributed by atoms with Crippen molar-refractivity contribution in [3.8, 4) is 0 Å². The number of pyridine rings is 1. The molecule has 0 aromatic carbocycles. The van der Waals surface area contributed by atoms with Gasteiger partial charge >= 0.3 is 0 Å². The number of nitrogens with one attached hydrogen (secondary N) is 1. The number of thiophene rings is 1. The largest absolute Gasteiger partial charge is 0.352 e. The summed E-state index contributed by atoms with van der Waals surface area (Å²) in [6, 6.07) is 10.5. The van der Waals surface area contributed by atoms with Crippen LogP contribution in [0.4, 0.5) is 0 Å². The summed E-state index contributed by atoms with van der Waals surface area (Å²) in [6.07, 6.45) is 1.82. The maximum atomic E-state index is 5.38. The van der Waals surface area contributed by atoms with Gasteiger partial charge in [0.05, 0.1) is 21.6 Å². The van der Waals surface area contributed by atoms with E-state index in [0.717, 1.165) is 14.6 Å². The predicted molar refractivity (Wildman–Crippen MR) is 85.2 cm³/mol. The van der Waals surface area contributed by atoms with Crippen LogP contribution in [0.25, 0.3) is 0 Å². The number of rotatable bonds is 2. The Bertz CT molecular complexity index is 599. The zero-order valence-corrected chi connectivity index (χ0v) is 13.4. The molecule has 1 N–H and O–H groups in total. The topological polar surface area (TPSA) is 28.2 Å². The lowest BCUT2D eigenvalue weighted by molar-refractivity contribution is 0.374. The van der Waals surface area contributed by atoms with Crippen molar-refractivity contribution in [2.75, 3.05) is 7.05 Å². The molecule has 19 heavy (non-hydrogen) atoms. The van der Waals surface area contributed by atoms with E-state index < -0.39 is 0 Å². The lowest BCUT2D eigenvalue weighted by atomic mass is 10.0. The van der Waals surface area contributed by atoms with Crippen molar-refractivity contribution in [3.63, 3.8) is 0 Å². The molecule has 1 fully saturated rings. The van der Waals surface area contributed by atoms with Crippen molar-refractivity contribution >= 4 is 44.6 Å². The lowest BCUT2D eigenvalue weighted by Crippen LogP contribution is -2.24. The zero-order chi connectivity index (χ0) is 13.4. The van der Waals surface area contributed by atoms with Crippen molar-refractivity contribution < 1.29 is 0 Å². The van der Waals surface area contributed by atoms with Gasteiger partial charge in [-0.2, -0.15) is 0 Å². The summed E-state index contributed by atoms with van der Waals surface area (Å²) in [5.74, 6) is 0. The summed E-state index contributed by atoms with van der Waals surface area (Å²) in [5, 5.41) is 4.13. The molecule has 2 atom stereocenters. The van der Waals surface area contributed by atoms with Crippen LogP contribution in [0.5, 0.6) is 0 Å². The fourth-order valence-electron chi connectivity index (χ4n) is 2.30. The van der Waals surface area contributed by atoms with Crippen LogP contribution >= 0.6 is 39.5 Å². The molecule has 0 saturated carbocycles. The molecule has 3 rings (SSSR count). The first-order valence-electron chi connectivity index (χ1n) is 5.86. The second-order valence-corrected chi connectivity index (χ2v) is 7.26. The molecule has 0 unspecified atom stereocenters. The minimum Gasteiger partial charge on any atom is -0.352 e. The van der Waals surface area contributed by atoms with Crippen LogP contribution in [0.1, 0.15) is 22.7 Å². The van der Waals surface area contributed by atoms with E-state index in [-0.39, 0.29) is 12.1 Å². The molecule has 3 nitrogen and oxygen atoms in total. The van der Waals surface area contributed by atoms with Crippen LogP contribution in [-0.4, -0.2) is 22.0 Å². The van der Waals surface area contributed by atoms with Crippen LogP contribution in [0.15, 0.2) is 40.3 Å². The standard InChI is InChI=1S/C13H12BrN3S2/c1-17-12(9-5-6-10(14)19-9)11(16-13(17)18)8-4-2-3-7-15-8/h2-7,11-12H,1H3,(H,16,18)/t11-,12+/m1/s1. The number of aromatic nitrogens is 1. The molecule has 1 saturated heterocycles. The zero-order valence-electron chi connectivity index (χ0n) is 10.2. The molecule has 2 aromatic heterocycles. The minimum absolute atomic E-state index is 0.101. The van der Waals surface area contributed by atoms with Gasteiger partial charge in [-0.05, 0) is 52.4 Å². The Morgan fingerprint density at radius 2 is 2.21 bits per heavy atom. The van der Waals surface area contributed by atoms with Gasteiger partial charge in [-0.15, -0.1) is 11.3 Å². The van der Waals surface area contributed by atoms with Crippen LogP contribution < -0.4 is 5.32 Å². The van der Waals surface area contributed by atoms with Crippen molar-refractivity contribution in [2.45, 2.75) is 12.1 Å². The van der Waals surface area contributed by atoms with Crippen LogP contribution in [-0.2, 0) is 0 Å². The second-order valence-electron chi connectivity index (χ2n) is 4.38. The highest BCUT2D eigenvalue weighted by Crippen LogP contribution is 2.41. The number of hydrogen-bond acceptors (Lipinski definition) is 3. The predicted octanol–water partition coefficient (Wildman–Crippen LogP) is 3.51. The maximum Gasteiger partial charge on any atom is 0.169 e. The Balaban J connectivity index is 2.01. The van der Waals surface area contributed by atoms with Crippen molar-refractivity contribution in [1.82, 2.24) is 15.2 Å². The molecule has 6 heteroatoms. The number of halogens is 1. The van der Waals surface area contributed by atoms with Gasteiger partial charge in [0.25, 0.3) is 0 Å². The first kappa shape index (κ1) is 13.0. The molecule has 2 aromatic rings. The van der Waals surface area contributed by atoms with E-state index in [1.807, 2.05) is 31.4 Å². The van der Waals surface area contributed by atoms with E-state index in [2.05, 4.69) is 43.3 Å². The SMILES string of the molecule is CN1C(=S)N[C@H](c2ccccn2)[C@@H]1c1ccc(Br)s1. The Labute approximate surface area is 129 Å². The van der Waals surface area contributed by atoms with E-state index in [9.17, 15) is 0 Å². The Morgan fingerprint density at radius 3 is 2.84 bits per heavy atom. The van der Waals surface area contributed by atoms with Gasteiger partial charge < -0.3 is 10.2 Å². The van der Waals surface area contributed by atoms with Crippen molar-refractivity contribution in [1.29, 1.82) is 0 Å². The molecule has 3 heterocycles. The third kappa shape index (κ3) is 2.40. The average Bonchev–Trinajstić information content (AvgIpc) is 2.96. The summed E-state index contributed by atoms with van der Waals surface area (Å²) in [7, 11) is 2.02. The maximum absolute atomic E-state index is 5.38. The van der Waals surface area contributed by atoms with E-state index in [4.69, 9.17) is 12.2 Å². The van der Waals surface area contributed by atoms with Crippen LogP contribution in [0.2, 0.25) is 0 Å². The molecule has 98 valence electrons. The summed E-state index contributed by atoms with van der Waals surface area (Å²) in [4.78, 5) is 7.84. The summed E-state index contributed by atoms with van der Waals surface area (Å²) < 4.78 is 1.13. The van der Waals surface area contributed by atoms with Gasteiger partial charge in [0.2, 0.25) is 0 Å².